The second-order valence-electron chi connectivity index (χ2n) is 23.1. The fraction of sp³-hybridized carbons (Fsp3) is 0.650. The van der Waals surface area contributed by atoms with Crippen LogP contribution in [0.3, 0.4) is 0 Å². The van der Waals surface area contributed by atoms with E-state index in [1.165, 1.54) is 48.5 Å². The van der Waals surface area contributed by atoms with Crippen molar-refractivity contribution in [3.05, 3.63) is 48.2 Å². The van der Waals surface area contributed by atoms with Gasteiger partial charge < -0.3 is 36.9 Å². The van der Waals surface area contributed by atoms with Crippen molar-refractivity contribution in [2.24, 2.45) is 29.1 Å². The normalized spacial score (nSPS) is 23.4. The monoisotopic (exact) mass is 1090 g/mol. The van der Waals surface area contributed by atoms with Gasteiger partial charge in [0.05, 0.1) is 12.1 Å². The van der Waals surface area contributed by atoms with Gasteiger partial charge in [-0.2, -0.15) is 0 Å². The third-order valence-electron chi connectivity index (χ3n) is 15.2. The van der Waals surface area contributed by atoms with Crippen LogP contribution in [0.5, 0.6) is 0 Å². The van der Waals surface area contributed by atoms with Crippen LogP contribution in [0.15, 0.2) is 42.6 Å². The molecule has 10 atom stereocenters. The lowest BCUT2D eigenvalue weighted by atomic mass is 9.72. The Bertz CT molecular complexity index is 2480. The van der Waals surface area contributed by atoms with Crippen molar-refractivity contribution in [3.63, 3.8) is 0 Å². The molecule has 3 rings (SSSR count). The summed E-state index contributed by atoms with van der Waals surface area (Å²) >= 11 is 0. The number of benzene rings is 1. The number of aromatic nitrogens is 1. The summed E-state index contributed by atoms with van der Waals surface area (Å²) < 4.78 is 0. The number of hydrogen-bond donors (Lipinski definition) is 7. The zero-order valence-electron chi connectivity index (χ0n) is 48.5. The van der Waals surface area contributed by atoms with Gasteiger partial charge in [-0.1, -0.05) is 77.3 Å². The zero-order chi connectivity index (χ0) is 58.5. The number of ketones is 6. The van der Waals surface area contributed by atoms with Crippen LogP contribution in [-0.2, 0) is 59.2 Å². The molecule has 0 fully saturated rings. The highest BCUT2D eigenvalue weighted by atomic mass is 16.2. The highest BCUT2D eigenvalue weighted by molar-refractivity contribution is 6.41. The van der Waals surface area contributed by atoms with E-state index >= 15 is 0 Å². The number of para-hydroxylation sites is 1. The molecule has 432 valence electrons. The van der Waals surface area contributed by atoms with Crippen LogP contribution in [0.2, 0.25) is 0 Å². The first-order valence-corrected chi connectivity index (χ1v) is 28.2. The Morgan fingerprint density at radius 3 is 1.83 bits per heavy atom. The number of carbonyl (C=O) groups excluding carboxylic acids is 11. The van der Waals surface area contributed by atoms with Gasteiger partial charge in [0.15, 0.2) is 0 Å². The van der Waals surface area contributed by atoms with Gasteiger partial charge in [0.1, 0.15) is 46.8 Å². The van der Waals surface area contributed by atoms with E-state index < -0.39 is 94.1 Å². The van der Waals surface area contributed by atoms with Crippen molar-refractivity contribution < 1.29 is 52.7 Å². The number of allylic oxidation sites excluding steroid dienone is 2. The third kappa shape index (κ3) is 20.9. The van der Waals surface area contributed by atoms with Crippen molar-refractivity contribution in [2.75, 3.05) is 6.54 Å². The molecule has 5 amide bonds. The Labute approximate surface area is 462 Å². The van der Waals surface area contributed by atoms with Crippen molar-refractivity contribution >= 4 is 75.1 Å². The number of amides is 5. The van der Waals surface area contributed by atoms with Gasteiger partial charge in [0.25, 0.3) is 0 Å². The molecule has 0 radical (unpaired) electrons. The maximum absolute atomic E-state index is 14.6. The van der Waals surface area contributed by atoms with Gasteiger partial charge in [-0.15, -0.1) is 0 Å². The predicted octanol–water partition coefficient (Wildman–Crippen LogP) is 6.60. The van der Waals surface area contributed by atoms with Crippen molar-refractivity contribution in [2.45, 2.75) is 215 Å². The van der Waals surface area contributed by atoms with E-state index in [1.807, 2.05) is 57.3 Å². The Morgan fingerprint density at radius 2 is 1.23 bits per heavy atom. The third-order valence-corrected chi connectivity index (χ3v) is 15.2. The molecule has 0 aliphatic carbocycles. The molecule has 2 unspecified atom stereocenters. The summed E-state index contributed by atoms with van der Waals surface area (Å²) in [5, 5.41) is 17.0. The van der Waals surface area contributed by atoms with Crippen molar-refractivity contribution in [3.8, 4) is 0 Å². The lowest BCUT2D eigenvalue weighted by Gasteiger charge is -2.33. The first-order chi connectivity index (χ1) is 36.6. The number of fused-ring (bicyclic) bond motifs is 1. The van der Waals surface area contributed by atoms with E-state index in [0.717, 1.165) is 48.6 Å². The van der Waals surface area contributed by atoms with E-state index in [1.54, 1.807) is 13.8 Å². The standard InChI is InChI=1S/C60H91N7O11/c1-36(2)30-45-26-27-50(70)46(31-47-35-62-49-25-21-20-24-48(47)49)32-51(71)59(11,33-38(4)68)28-22-18-16-14-13-15-17-19-23-29-60(12,67-57(45)77)58(78)66-43(9)56(76)65-42(8)55(75)64-41(7)54(74)63-40(6)53(73)52(72)39(5)61-34-37(3)44(10)69/h15,17,20-21,24-25,35-37,39-43,45-46,61-62H,13-14,16,18-19,22-23,26-34H2,1-12H3,(H,63,74)(H,64,75)(H,65,76)(H,66,78)(H,67,77)/b17-15+/t37-,39-,40-,41?,42-,43?,45-,46+,59-,60-/m0/s1. The van der Waals surface area contributed by atoms with Crippen molar-refractivity contribution in [1.29, 1.82) is 0 Å². The summed E-state index contributed by atoms with van der Waals surface area (Å²) in [7, 11) is 0. The molecule has 2 heterocycles. The number of nitrogens with one attached hydrogen (secondary N) is 7. The summed E-state index contributed by atoms with van der Waals surface area (Å²) in [5.74, 6) is -7.15. The first kappa shape index (κ1) is 66.1. The molecule has 7 N–H and O–H groups in total. The van der Waals surface area contributed by atoms with E-state index in [4.69, 9.17) is 0 Å². The minimum absolute atomic E-state index is 0.00398. The summed E-state index contributed by atoms with van der Waals surface area (Å²) in [6.07, 6.45) is 13.1. The maximum atomic E-state index is 14.6. The minimum Gasteiger partial charge on any atom is -0.361 e. The van der Waals surface area contributed by atoms with Gasteiger partial charge in [-0.05, 0) is 131 Å². The molecule has 0 bridgehead atoms. The summed E-state index contributed by atoms with van der Waals surface area (Å²) in [6.45, 7) is 19.2. The molecule has 0 saturated carbocycles. The van der Waals surface area contributed by atoms with Crippen LogP contribution in [0, 0.1) is 29.1 Å². The summed E-state index contributed by atoms with van der Waals surface area (Å²) in [5.41, 5.74) is -0.648. The first-order valence-electron chi connectivity index (χ1n) is 28.2. The highest BCUT2D eigenvalue weighted by Gasteiger charge is 2.40. The quantitative estimate of drug-likeness (QED) is 0.0515. The van der Waals surface area contributed by atoms with Crippen molar-refractivity contribution in [1.82, 2.24) is 36.9 Å². The van der Waals surface area contributed by atoms with Crippen LogP contribution in [0.4, 0.5) is 0 Å². The Morgan fingerprint density at radius 1 is 0.667 bits per heavy atom. The smallest absolute Gasteiger partial charge is 0.246 e. The van der Waals surface area contributed by atoms with Gasteiger partial charge in [-0.3, -0.25) is 52.7 Å². The van der Waals surface area contributed by atoms with E-state index in [0.29, 0.717) is 32.1 Å². The Kier molecular flexibility index (Phi) is 26.6. The molecule has 2 aromatic rings. The van der Waals surface area contributed by atoms with E-state index in [-0.39, 0.29) is 73.6 Å². The molecule has 0 spiro atoms. The van der Waals surface area contributed by atoms with Crippen LogP contribution in [-0.4, -0.2) is 112 Å². The largest absolute Gasteiger partial charge is 0.361 e. The van der Waals surface area contributed by atoms with E-state index in [9.17, 15) is 52.7 Å². The van der Waals surface area contributed by atoms with Crippen LogP contribution < -0.4 is 31.9 Å². The average Bonchev–Trinajstić information content (AvgIpc) is 3.79. The molecular formula is C60H91N7O11. The second kappa shape index (κ2) is 31.4. The van der Waals surface area contributed by atoms with Gasteiger partial charge in [0.2, 0.25) is 41.1 Å². The average molecular weight is 1090 g/mol. The number of H-pyrrole nitrogens is 1. The van der Waals surface area contributed by atoms with Gasteiger partial charge in [0, 0.05) is 66.1 Å². The molecule has 1 aliphatic heterocycles. The van der Waals surface area contributed by atoms with Gasteiger partial charge in [-0.25, -0.2) is 0 Å². The number of rotatable bonds is 21. The molecule has 0 saturated heterocycles. The summed E-state index contributed by atoms with van der Waals surface area (Å²) in [6, 6.07) is 2.05. The fourth-order valence-corrected chi connectivity index (χ4v) is 9.85. The molecule has 1 aromatic heterocycles. The lowest BCUT2D eigenvalue weighted by molar-refractivity contribution is -0.140. The van der Waals surface area contributed by atoms with Crippen LogP contribution in [0.1, 0.15) is 179 Å². The highest BCUT2D eigenvalue weighted by Crippen LogP contribution is 2.35. The number of hydrogen-bond acceptors (Lipinski definition) is 12. The fourth-order valence-electron chi connectivity index (χ4n) is 9.85. The number of carbonyl (C=O) groups is 11. The Hall–Kier alpha value is -6.17. The number of Topliss-reactive ketones (excluding diaryl/α,β-unsaturated/α-hetero) is 6. The molecule has 78 heavy (non-hydrogen) atoms. The molecule has 18 heteroatoms. The lowest BCUT2D eigenvalue weighted by Crippen LogP contribution is -2.61. The molecule has 1 aromatic carbocycles. The SMILES string of the molecule is CC(=O)C[C@]1(C)CCCCCC/C=C/CCC[C@@](C)(C(=O)NC(C)C(=O)N[C@@H](C)C(=O)NC(C)C(=O)N[C@@H](C)C(=O)C(=O)[C@H](C)NC[C@H](C)C(C)=O)NC(=O)[C@H](CC(C)C)CCC(=O)[C@H](Cc2c[nH]c3ccccc23)CC1=O. The van der Waals surface area contributed by atoms with Crippen LogP contribution >= 0.6 is 0 Å². The number of aromatic amines is 1. The Balaban J connectivity index is 1.78. The zero-order valence-corrected chi connectivity index (χ0v) is 48.5. The topological polar surface area (TPSA) is 276 Å². The summed E-state index contributed by atoms with van der Waals surface area (Å²) in [4.78, 5) is 151. The van der Waals surface area contributed by atoms with E-state index in [2.05, 4.69) is 43.0 Å². The maximum Gasteiger partial charge on any atom is 0.246 e. The predicted molar refractivity (Wildman–Crippen MR) is 301 cm³/mol. The van der Waals surface area contributed by atoms with Gasteiger partial charge >= 0.3 is 0 Å². The molecule has 1 aliphatic rings. The molecular weight excluding hydrogens is 995 g/mol. The minimum atomic E-state index is -1.52. The molecule has 18 nitrogen and oxygen atoms in total. The van der Waals surface area contributed by atoms with Crippen LogP contribution in [0.25, 0.3) is 10.9 Å². The second-order valence-corrected chi connectivity index (χ2v) is 23.1.